The molecule has 5 rings (SSSR count). The highest BCUT2D eigenvalue weighted by atomic mass is 16.2. The van der Waals surface area contributed by atoms with E-state index in [1.54, 1.807) is 21.9 Å². The summed E-state index contributed by atoms with van der Waals surface area (Å²) in [6.45, 7) is 4.24. The van der Waals surface area contributed by atoms with Crippen LogP contribution in [0.2, 0.25) is 0 Å². The second-order valence-corrected chi connectivity index (χ2v) is 9.68. The number of carbonyl (C=O) groups is 3. The van der Waals surface area contributed by atoms with E-state index in [4.69, 9.17) is 0 Å². The Hall–Kier alpha value is -2.41. The third-order valence-electron chi connectivity index (χ3n) is 7.72. The van der Waals surface area contributed by atoms with Crippen LogP contribution in [0.5, 0.6) is 0 Å². The first-order chi connectivity index (χ1) is 15.0. The Morgan fingerprint density at radius 2 is 1.90 bits per heavy atom. The Bertz CT molecular complexity index is 897. The van der Waals surface area contributed by atoms with Gasteiger partial charge in [-0.2, -0.15) is 0 Å². The average molecular weight is 425 g/mol. The van der Waals surface area contributed by atoms with E-state index < -0.39 is 5.66 Å². The number of piperidine rings is 1. The molecule has 1 saturated carbocycles. The predicted molar refractivity (Wildman–Crippen MR) is 118 cm³/mol. The molecule has 3 fully saturated rings. The number of nitrogens with zero attached hydrogens (tertiary/aromatic N) is 3. The highest BCUT2D eigenvalue weighted by Crippen LogP contribution is 2.43. The number of hydrogen-bond donors (Lipinski definition) is 1. The fourth-order valence-electron chi connectivity index (χ4n) is 6.06. The third-order valence-corrected chi connectivity index (χ3v) is 7.72. The van der Waals surface area contributed by atoms with E-state index in [1.165, 1.54) is 32.4 Å². The average Bonchev–Trinajstić information content (AvgIpc) is 3.36. The maximum Gasteiger partial charge on any atom is 0.258 e. The highest BCUT2D eigenvalue weighted by molar-refractivity contribution is 6.11. The lowest BCUT2D eigenvalue weighted by Gasteiger charge is -2.48. The van der Waals surface area contributed by atoms with E-state index in [1.807, 2.05) is 19.1 Å². The van der Waals surface area contributed by atoms with E-state index >= 15 is 0 Å². The van der Waals surface area contributed by atoms with Gasteiger partial charge >= 0.3 is 0 Å². The van der Waals surface area contributed by atoms with E-state index in [0.29, 0.717) is 30.1 Å². The Kier molecular flexibility index (Phi) is 5.24. The molecule has 3 heterocycles. The van der Waals surface area contributed by atoms with Crippen molar-refractivity contribution in [2.24, 2.45) is 0 Å². The fraction of sp³-hybridized carbons (Fsp3) is 0.625. The van der Waals surface area contributed by atoms with Crippen molar-refractivity contribution in [1.29, 1.82) is 0 Å². The van der Waals surface area contributed by atoms with Crippen LogP contribution in [0.15, 0.2) is 24.3 Å². The minimum absolute atomic E-state index is 0.00743. The van der Waals surface area contributed by atoms with Gasteiger partial charge in [0.15, 0.2) is 0 Å². The van der Waals surface area contributed by atoms with Gasteiger partial charge in [0.2, 0.25) is 11.8 Å². The van der Waals surface area contributed by atoms with Crippen LogP contribution in [0, 0.1) is 0 Å². The first-order valence-corrected chi connectivity index (χ1v) is 11.7. The quantitative estimate of drug-likeness (QED) is 0.806. The van der Waals surface area contributed by atoms with Crippen molar-refractivity contribution in [3.63, 3.8) is 0 Å². The molecule has 1 aromatic rings. The Balaban J connectivity index is 1.28. The molecular weight excluding hydrogens is 392 g/mol. The van der Waals surface area contributed by atoms with Crippen molar-refractivity contribution in [2.75, 3.05) is 24.5 Å². The molecule has 3 amide bonds. The summed E-state index contributed by atoms with van der Waals surface area (Å²) in [6.07, 6.45) is 7.92. The number of anilines is 1. The molecule has 0 radical (unpaired) electrons. The third kappa shape index (κ3) is 3.53. The summed E-state index contributed by atoms with van der Waals surface area (Å²) in [6, 6.07) is 7.95. The van der Waals surface area contributed by atoms with Crippen LogP contribution in [0.25, 0.3) is 0 Å². The summed E-state index contributed by atoms with van der Waals surface area (Å²) in [5, 5.41) is 3.19. The van der Waals surface area contributed by atoms with Crippen molar-refractivity contribution in [3.05, 3.63) is 29.8 Å². The van der Waals surface area contributed by atoms with Gasteiger partial charge in [0.1, 0.15) is 12.2 Å². The van der Waals surface area contributed by atoms with Gasteiger partial charge in [-0.1, -0.05) is 18.6 Å². The number of benzene rings is 1. The number of likely N-dealkylation sites (tertiary alicyclic amines) is 1. The first kappa shape index (κ1) is 20.5. The molecule has 4 aliphatic rings. The second-order valence-electron chi connectivity index (χ2n) is 9.68. The van der Waals surface area contributed by atoms with Crippen molar-refractivity contribution in [3.8, 4) is 0 Å². The maximum absolute atomic E-state index is 13.3. The molecule has 0 unspecified atom stereocenters. The number of fused-ring (bicyclic) bond motifs is 3. The minimum Gasteiger partial charge on any atom is -0.352 e. The van der Waals surface area contributed by atoms with Crippen LogP contribution >= 0.6 is 0 Å². The summed E-state index contributed by atoms with van der Waals surface area (Å²) in [7, 11) is 0. The number of hydrogen-bond acceptors (Lipinski definition) is 4. The van der Waals surface area contributed by atoms with Crippen molar-refractivity contribution in [1.82, 2.24) is 15.1 Å². The smallest absolute Gasteiger partial charge is 0.258 e. The van der Waals surface area contributed by atoms with Crippen LogP contribution in [-0.2, 0) is 9.59 Å². The Morgan fingerprint density at radius 1 is 1.13 bits per heavy atom. The van der Waals surface area contributed by atoms with Crippen LogP contribution < -0.4 is 10.2 Å². The monoisotopic (exact) mass is 424 g/mol. The normalized spacial score (nSPS) is 31.0. The molecule has 0 aromatic heterocycles. The zero-order valence-corrected chi connectivity index (χ0v) is 18.3. The molecule has 3 aliphatic heterocycles. The van der Waals surface area contributed by atoms with E-state index in [-0.39, 0.29) is 30.3 Å². The number of carbonyl (C=O) groups excluding carboxylic acids is 3. The molecule has 7 nitrogen and oxygen atoms in total. The zero-order chi connectivity index (χ0) is 21.6. The van der Waals surface area contributed by atoms with Crippen LogP contribution in [-0.4, -0.2) is 64.9 Å². The van der Waals surface area contributed by atoms with Gasteiger partial charge < -0.3 is 15.1 Å². The number of para-hydroxylation sites is 1. The van der Waals surface area contributed by atoms with Gasteiger partial charge in [-0.05, 0) is 70.7 Å². The summed E-state index contributed by atoms with van der Waals surface area (Å²) in [5.41, 5.74) is 0.370. The Morgan fingerprint density at radius 3 is 2.71 bits per heavy atom. The first-order valence-electron chi connectivity index (χ1n) is 11.7. The maximum atomic E-state index is 13.3. The molecule has 166 valence electrons. The molecule has 3 atom stereocenters. The summed E-state index contributed by atoms with van der Waals surface area (Å²) < 4.78 is 0. The molecule has 0 spiro atoms. The van der Waals surface area contributed by atoms with Crippen LogP contribution in [0.3, 0.4) is 0 Å². The summed E-state index contributed by atoms with van der Waals surface area (Å²) in [4.78, 5) is 44.9. The standard InChI is InChI=1S/C24H32N4O3/c1-24-12-11-22(30)28(24)20-8-4-3-7-19(20)23(31)27(24)16-21(29)25-17-9-10-18(15-17)26-13-5-2-6-14-26/h3-4,7-8,17-18H,2,5-6,9-16H2,1H3,(H,25,29)/t17-,18-,24-/m1/s1. The summed E-state index contributed by atoms with van der Waals surface area (Å²) in [5.74, 6) is -0.289. The molecule has 1 N–H and O–H groups in total. The number of nitrogens with one attached hydrogen (secondary N) is 1. The van der Waals surface area contributed by atoms with Gasteiger partial charge in [0.25, 0.3) is 5.91 Å². The van der Waals surface area contributed by atoms with E-state index in [0.717, 1.165) is 19.3 Å². The second kappa shape index (κ2) is 7.93. The summed E-state index contributed by atoms with van der Waals surface area (Å²) >= 11 is 0. The lowest BCUT2D eigenvalue weighted by Crippen LogP contribution is -2.64. The predicted octanol–water partition coefficient (Wildman–Crippen LogP) is 2.51. The Labute approximate surface area is 183 Å². The van der Waals surface area contributed by atoms with Gasteiger partial charge in [-0.3, -0.25) is 19.3 Å². The lowest BCUT2D eigenvalue weighted by atomic mass is 9.98. The van der Waals surface area contributed by atoms with Crippen LogP contribution in [0.1, 0.15) is 68.6 Å². The van der Waals surface area contributed by atoms with E-state index in [2.05, 4.69) is 10.2 Å². The number of amides is 3. The van der Waals surface area contributed by atoms with E-state index in [9.17, 15) is 14.4 Å². The highest BCUT2D eigenvalue weighted by Gasteiger charge is 2.53. The largest absolute Gasteiger partial charge is 0.352 e. The number of rotatable bonds is 4. The van der Waals surface area contributed by atoms with Gasteiger partial charge in [0.05, 0.1) is 11.3 Å². The van der Waals surface area contributed by atoms with Crippen LogP contribution in [0.4, 0.5) is 5.69 Å². The molecule has 1 aromatic carbocycles. The van der Waals surface area contributed by atoms with Crippen molar-refractivity contribution in [2.45, 2.75) is 76.0 Å². The molecule has 7 heteroatoms. The lowest BCUT2D eigenvalue weighted by molar-refractivity contribution is -0.124. The van der Waals surface area contributed by atoms with Gasteiger partial charge in [-0.25, -0.2) is 0 Å². The van der Waals surface area contributed by atoms with Crippen molar-refractivity contribution >= 4 is 23.4 Å². The van der Waals surface area contributed by atoms with Gasteiger partial charge in [0, 0.05) is 18.5 Å². The molecule has 31 heavy (non-hydrogen) atoms. The topological polar surface area (TPSA) is 73.0 Å². The minimum atomic E-state index is -0.786. The molecule has 0 bridgehead atoms. The van der Waals surface area contributed by atoms with Gasteiger partial charge in [-0.15, -0.1) is 0 Å². The molecular formula is C24H32N4O3. The molecule has 2 saturated heterocycles. The van der Waals surface area contributed by atoms with Crippen molar-refractivity contribution < 1.29 is 14.4 Å². The zero-order valence-electron chi connectivity index (χ0n) is 18.3. The SMILES string of the molecule is C[C@]12CCC(=O)N1c1ccccc1C(=O)N2CC(=O)N[C@@H]1CC[C@@H](N2CCCCC2)C1. The fourth-order valence-corrected chi connectivity index (χ4v) is 6.06. The molecule has 1 aliphatic carbocycles.